The number of carbonyl (C=O) groups is 1. The van der Waals surface area contributed by atoms with Crippen molar-refractivity contribution in [1.82, 2.24) is 9.88 Å². The van der Waals surface area contributed by atoms with Crippen LogP contribution in [0, 0.1) is 5.92 Å². The first kappa shape index (κ1) is 19.5. The number of nitrogens with zero attached hydrogens (tertiary/aromatic N) is 2. The summed E-state index contributed by atoms with van der Waals surface area (Å²) in [6, 6.07) is 12.0. The van der Waals surface area contributed by atoms with Crippen LogP contribution in [0.3, 0.4) is 0 Å². The minimum atomic E-state index is -3.50. The van der Waals surface area contributed by atoms with Gasteiger partial charge < -0.3 is 4.90 Å². The van der Waals surface area contributed by atoms with E-state index in [9.17, 15) is 13.2 Å². The highest BCUT2D eigenvalue weighted by Crippen LogP contribution is 2.19. The van der Waals surface area contributed by atoms with Crippen molar-refractivity contribution in [3.8, 4) is 0 Å². The summed E-state index contributed by atoms with van der Waals surface area (Å²) in [5.41, 5.74) is 1.81. The molecule has 6 heteroatoms. The second kappa shape index (κ2) is 8.21. The predicted octanol–water partition coefficient (Wildman–Crippen LogP) is 3.49. The zero-order chi connectivity index (χ0) is 19.4. The van der Waals surface area contributed by atoms with E-state index in [1.807, 2.05) is 24.0 Å². The number of rotatable bonds is 5. The van der Waals surface area contributed by atoms with Crippen LogP contribution in [-0.4, -0.2) is 37.3 Å². The first-order valence-corrected chi connectivity index (χ1v) is 11.1. The number of benzene rings is 1. The second-order valence-electron chi connectivity index (χ2n) is 7.25. The molecule has 0 atom stereocenters. The van der Waals surface area contributed by atoms with E-state index in [-0.39, 0.29) is 16.6 Å². The van der Waals surface area contributed by atoms with Gasteiger partial charge in [0.05, 0.1) is 16.3 Å². The summed E-state index contributed by atoms with van der Waals surface area (Å²) < 4.78 is 25.4. The molecular formula is C21H26N2O3S. The maximum absolute atomic E-state index is 12.7. The van der Waals surface area contributed by atoms with Crippen molar-refractivity contribution in [1.29, 1.82) is 0 Å². The van der Waals surface area contributed by atoms with E-state index in [4.69, 9.17) is 0 Å². The Kier molecular flexibility index (Phi) is 5.95. The third-order valence-corrected chi connectivity index (χ3v) is 6.79. The molecule has 1 aliphatic rings. The number of pyridine rings is 1. The molecule has 0 bridgehead atoms. The number of aromatic nitrogens is 1. The Labute approximate surface area is 161 Å². The molecule has 144 valence electrons. The van der Waals surface area contributed by atoms with Gasteiger partial charge in [0.2, 0.25) is 0 Å². The van der Waals surface area contributed by atoms with Crippen LogP contribution in [0.2, 0.25) is 0 Å². The first-order valence-electron chi connectivity index (χ1n) is 9.46. The lowest BCUT2D eigenvalue weighted by Gasteiger charge is -2.30. The molecule has 1 aliphatic heterocycles. The largest absolute Gasteiger partial charge is 0.337 e. The van der Waals surface area contributed by atoms with Crippen molar-refractivity contribution in [2.45, 2.75) is 43.8 Å². The lowest BCUT2D eigenvalue weighted by Crippen LogP contribution is -2.38. The molecule has 27 heavy (non-hydrogen) atoms. The molecule has 0 aliphatic carbocycles. The zero-order valence-corrected chi connectivity index (χ0v) is 16.7. The van der Waals surface area contributed by atoms with E-state index < -0.39 is 9.84 Å². The zero-order valence-electron chi connectivity index (χ0n) is 15.9. The van der Waals surface area contributed by atoms with Crippen LogP contribution < -0.4 is 0 Å². The van der Waals surface area contributed by atoms with Gasteiger partial charge in [-0.1, -0.05) is 32.0 Å². The van der Waals surface area contributed by atoms with Gasteiger partial charge in [-0.15, -0.1) is 0 Å². The molecule has 2 aromatic rings. The van der Waals surface area contributed by atoms with E-state index >= 15 is 0 Å². The molecule has 1 aromatic carbocycles. The molecule has 0 saturated carbocycles. The predicted molar refractivity (Wildman–Crippen MR) is 105 cm³/mol. The highest BCUT2D eigenvalue weighted by atomic mass is 32.2. The van der Waals surface area contributed by atoms with Gasteiger partial charge in [-0.05, 0) is 55.0 Å². The number of hydrogen-bond acceptors (Lipinski definition) is 4. The maximum Gasteiger partial charge on any atom is 0.272 e. The monoisotopic (exact) mass is 386 g/mol. The fourth-order valence-electron chi connectivity index (χ4n) is 3.26. The van der Waals surface area contributed by atoms with Crippen LogP contribution in [-0.2, 0) is 22.0 Å². The number of carbonyl (C=O) groups excluding carboxylic acids is 1. The summed E-state index contributed by atoms with van der Waals surface area (Å²) in [6.45, 7) is 5.68. The molecule has 5 nitrogen and oxygen atoms in total. The molecule has 1 saturated heterocycles. The minimum absolute atomic E-state index is 0.117. The third kappa shape index (κ3) is 4.75. The van der Waals surface area contributed by atoms with Crippen molar-refractivity contribution in [3.63, 3.8) is 0 Å². The number of amides is 1. The molecule has 1 amide bonds. The van der Waals surface area contributed by atoms with E-state index in [1.54, 1.807) is 30.3 Å². The van der Waals surface area contributed by atoms with Crippen LogP contribution in [0.1, 0.15) is 48.4 Å². The minimum Gasteiger partial charge on any atom is -0.337 e. The number of aryl methyl sites for hydroxylation is 1. The van der Waals surface area contributed by atoms with E-state index in [0.29, 0.717) is 17.3 Å². The lowest BCUT2D eigenvalue weighted by atomic mass is 9.99. The smallest absolute Gasteiger partial charge is 0.272 e. The van der Waals surface area contributed by atoms with Crippen molar-refractivity contribution in [2.24, 2.45) is 5.92 Å². The van der Waals surface area contributed by atoms with Gasteiger partial charge in [0, 0.05) is 13.1 Å². The first-order chi connectivity index (χ1) is 12.9. The van der Waals surface area contributed by atoms with Crippen molar-refractivity contribution >= 4 is 15.7 Å². The van der Waals surface area contributed by atoms with Crippen LogP contribution in [0.4, 0.5) is 0 Å². The van der Waals surface area contributed by atoms with Crippen LogP contribution >= 0.6 is 0 Å². The fraction of sp³-hybridized carbons (Fsp3) is 0.429. The molecule has 0 radical (unpaired) electrons. The van der Waals surface area contributed by atoms with Gasteiger partial charge in [0.25, 0.3) is 5.91 Å². The highest BCUT2D eigenvalue weighted by molar-refractivity contribution is 7.90. The summed E-state index contributed by atoms with van der Waals surface area (Å²) in [5.74, 6) is 0.308. The normalized spacial score (nSPS) is 15.7. The van der Waals surface area contributed by atoms with E-state index in [0.717, 1.165) is 37.9 Å². The summed E-state index contributed by atoms with van der Waals surface area (Å²) >= 11 is 0. The maximum atomic E-state index is 12.7. The number of piperidine rings is 1. The van der Waals surface area contributed by atoms with E-state index in [2.05, 4.69) is 11.9 Å². The van der Waals surface area contributed by atoms with Crippen LogP contribution in [0.5, 0.6) is 0 Å². The quantitative estimate of drug-likeness (QED) is 0.789. The Hall–Kier alpha value is -2.21. The lowest BCUT2D eigenvalue weighted by molar-refractivity contribution is 0.0691. The van der Waals surface area contributed by atoms with Gasteiger partial charge in [0.1, 0.15) is 5.69 Å². The number of hydrogen-bond donors (Lipinski definition) is 0. The van der Waals surface area contributed by atoms with Crippen LogP contribution in [0.25, 0.3) is 0 Å². The Morgan fingerprint density at radius 3 is 2.41 bits per heavy atom. The Bertz CT molecular complexity index is 899. The average molecular weight is 387 g/mol. The highest BCUT2D eigenvalue weighted by Gasteiger charge is 2.23. The molecule has 0 spiro atoms. The molecule has 0 unspecified atom stereocenters. The van der Waals surface area contributed by atoms with Gasteiger partial charge in [-0.3, -0.25) is 4.79 Å². The van der Waals surface area contributed by atoms with Gasteiger partial charge >= 0.3 is 0 Å². The molecule has 1 fully saturated rings. The average Bonchev–Trinajstić information content (AvgIpc) is 2.68. The Morgan fingerprint density at radius 1 is 1.11 bits per heavy atom. The summed E-state index contributed by atoms with van der Waals surface area (Å²) in [5, 5.41) is 0. The third-order valence-electron chi connectivity index (χ3n) is 5.13. The molecule has 1 aromatic heterocycles. The standard InChI is InChI=1S/C21H26N2O3S/c1-3-17-7-9-19(10-8-17)27(25,26)15-18-5-4-6-20(22-18)21(24)23-13-11-16(2)12-14-23/h4-10,16H,3,11-15H2,1-2H3. The molecular weight excluding hydrogens is 360 g/mol. The van der Waals surface area contributed by atoms with Crippen molar-refractivity contribution in [2.75, 3.05) is 13.1 Å². The second-order valence-corrected chi connectivity index (χ2v) is 9.24. The summed E-state index contributed by atoms with van der Waals surface area (Å²) in [4.78, 5) is 19.1. The topological polar surface area (TPSA) is 67.3 Å². The SMILES string of the molecule is CCc1ccc(S(=O)(=O)Cc2cccc(C(=O)N3CCC(C)CC3)n2)cc1. The summed E-state index contributed by atoms with van der Waals surface area (Å²) in [6.07, 6.45) is 2.85. The van der Waals surface area contributed by atoms with Gasteiger partial charge in [0.15, 0.2) is 9.84 Å². The van der Waals surface area contributed by atoms with E-state index in [1.165, 1.54) is 0 Å². The Balaban J connectivity index is 1.75. The number of likely N-dealkylation sites (tertiary alicyclic amines) is 1. The van der Waals surface area contributed by atoms with Crippen molar-refractivity contribution < 1.29 is 13.2 Å². The molecule has 2 heterocycles. The van der Waals surface area contributed by atoms with Gasteiger partial charge in [-0.25, -0.2) is 13.4 Å². The van der Waals surface area contributed by atoms with Crippen molar-refractivity contribution in [3.05, 3.63) is 59.4 Å². The van der Waals surface area contributed by atoms with Crippen LogP contribution in [0.15, 0.2) is 47.4 Å². The molecule has 0 N–H and O–H groups in total. The number of sulfone groups is 1. The van der Waals surface area contributed by atoms with Gasteiger partial charge in [-0.2, -0.15) is 0 Å². The summed E-state index contributed by atoms with van der Waals surface area (Å²) in [7, 11) is -3.50. The fourth-order valence-corrected chi connectivity index (χ4v) is 4.53. The molecule has 3 rings (SSSR count). The Morgan fingerprint density at radius 2 is 1.78 bits per heavy atom.